The van der Waals surface area contributed by atoms with Crippen molar-refractivity contribution in [2.24, 2.45) is 0 Å². The van der Waals surface area contributed by atoms with Crippen molar-refractivity contribution in [3.8, 4) is 22.4 Å². The van der Waals surface area contributed by atoms with Crippen molar-refractivity contribution >= 4 is 34.1 Å². The molecule has 0 unspecified atom stereocenters. The van der Waals surface area contributed by atoms with Crippen LogP contribution in [0.25, 0.3) is 22.4 Å². The van der Waals surface area contributed by atoms with E-state index in [1.54, 1.807) is 0 Å². The zero-order valence-corrected chi connectivity index (χ0v) is 26.1. The second-order valence-corrected chi connectivity index (χ2v) is 11.5. The minimum atomic E-state index is 0.948. The number of hydrogen-bond acceptors (Lipinski definition) is 3. The minimum Gasteiger partial charge on any atom is -0.310 e. The van der Waals surface area contributed by atoms with Crippen LogP contribution in [0.5, 0.6) is 0 Å². The SMILES string of the molecule is Cc1cccc(N(c2ccccc2)c2ccc(-c3ccc(-c4ccc(N(c5ccccc5)c5cccc(C)c5)cc4)nc3)cc2)c1. The van der Waals surface area contributed by atoms with Crippen LogP contribution < -0.4 is 9.80 Å². The molecule has 6 aromatic carbocycles. The summed E-state index contributed by atoms with van der Waals surface area (Å²) in [5, 5.41) is 0. The summed E-state index contributed by atoms with van der Waals surface area (Å²) >= 11 is 0. The van der Waals surface area contributed by atoms with Gasteiger partial charge in [-0.1, -0.05) is 91.0 Å². The van der Waals surface area contributed by atoms with Crippen LogP contribution >= 0.6 is 0 Å². The van der Waals surface area contributed by atoms with E-state index in [1.807, 2.05) is 6.20 Å². The van der Waals surface area contributed by atoms with E-state index in [4.69, 9.17) is 4.98 Å². The molecule has 0 amide bonds. The Morgan fingerprint density at radius 1 is 0.348 bits per heavy atom. The molecule has 0 bridgehead atoms. The number of para-hydroxylation sites is 2. The van der Waals surface area contributed by atoms with Gasteiger partial charge in [-0.15, -0.1) is 0 Å². The lowest BCUT2D eigenvalue weighted by Gasteiger charge is -2.26. The van der Waals surface area contributed by atoms with Gasteiger partial charge in [-0.3, -0.25) is 4.98 Å². The highest BCUT2D eigenvalue weighted by atomic mass is 15.1. The second kappa shape index (κ2) is 13.0. The molecule has 0 spiro atoms. The first kappa shape index (κ1) is 28.8. The standard InChI is InChI=1S/C43H35N3/c1-32-11-9-17-41(29-32)45(37-13-5-3-6-14-37)39-24-19-34(20-25-39)36-23-28-43(44-31-36)35-21-26-40(27-22-35)46(38-15-7-4-8-16-38)42-18-10-12-33(2)30-42/h3-31H,1-2H3. The molecule has 222 valence electrons. The summed E-state index contributed by atoms with van der Waals surface area (Å²) in [5.74, 6) is 0. The minimum absolute atomic E-state index is 0.948. The topological polar surface area (TPSA) is 19.4 Å². The highest BCUT2D eigenvalue weighted by Gasteiger charge is 2.14. The van der Waals surface area contributed by atoms with Gasteiger partial charge in [0, 0.05) is 51.4 Å². The third-order valence-electron chi connectivity index (χ3n) is 8.19. The van der Waals surface area contributed by atoms with Gasteiger partial charge in [0.15, 0.2) is 0 Å². The van der Waals surface area contributed by atoms with Gasteiger partial charge >= 0.3 is 0 Å². The average molecular weight is 594 g/mol. The Balaban J connectivity index is 1.13. The molecular weight excluding hydrogens is 558 g/mol. The summed E-state index contributed by atoms with van der Waals surface area (Å²) in [6.45, 7) is 4.26. The molecule has 3 heteroatoms. The van der Waals surface area contributed by atoms with Crippen LogP contribution in [0.1, 0.15) is 11.1 Å². The van der Waals surface area contributed by atoms with Crippen molar-refractivity contribution in [3.63, 3.8) is 0 Å². The molecule has 0 aliphatic rings. The highest BCUT2D eigenvalue weighted by Crippen LogP contribution is 2.37. The molecule has 0 saturated carbocycles. The van der Waals surface area contributed by atoms with Gasteiger partial charge in [0.2, 0.25) is 0 Å². The van der Waals surface area contributed by atoms with Crippen LogP contribution in [0.2, 0.25) is 0 Å². The van der Waals surface area contributed by atoms with Crippen LogP contribution in [0, 0.1) is 13.8 Å². The molecule has 3 nitrogen and oxygen atoms in total. The Morgan fingerprint density at radius 3 is 1.20 bits per heavy atom. The number of nitrogens with zero attached hydrogens (tertiary/aromatic N) is 3. The van der Waals surface area contributed by atoms with Crippen molar-refractivity contribution in [1.82, 2.24) is 4.98 Å². The molecule has 1 heterocycles. The number of hydrogen-bond donors (Lipinski definition) is 0. The molecule has 0 radical (unpaired) electrons. The summed E-state index contributed by atoms with van der Waals surface area (Å²) in [4.78, 5) is 9.44. The molecule has 7 rings (SSSR count). The van der Waals surface area contributed by atoms with E-state index in [-0.39, 0.29) is 0 Å². The van der Waals surface area contributed by atoms with Crippen molar-refractivity contribution in [3.05, 3.63) is 187 Å². The lowest BCUT2D eigenvalue weighted by Crippen LogP contribution is -2.09. The van der Waals surface area contributed by atoms with E-state index in [9.17, 15) is 0 Å². The van der Waals surface area contributed by atoms with E-state index in [2.05, 4.69) is 194 Å². The summed E-state index contributed by atoms with van der Waals surface area (Å²) in [6, 6.07) is 59.9. The monoisotopic (exact) mass is 593 g/mol. The first-order valence-electron chi connectivity index (χ1n) is 15.6. The zero-order chi connectivity index (χ0) is 31.3. The second-order valence-electron chi connectivity index (χ2n) is 11.5. The van der Waals surface area contributed by atoms with E-state index in [0.29, 0.717) is 0 Å². The van der Waals surface area contributed by atoms with Gasteiger partial charge < -0.3 is 9.80 Å². The Labute approximate surface area is 271 Å². The smallest absolute Gasteiger partial charge is 0.0702 e. The third kappa shape index (κ3) is 6.17. The first-order chi connectivity index (χ1) is 22.6. The molecule has 7 aromatic rings. The maximum Gasteiger partial charge on any atom is 0.0702 e. The van der Waals surface area contributed by atoms with Crippen LogP contribution in [0.3, 0.4) is 0 Å². The molecule has 0 N–H and O–H groups in total. The van der Waals surface area contributed by atoms with Gasteiger partial charge in [-0.05, 0) is 109 Å². The van der Waals surface area contributed by atoms with Crippen LogP contribution in [-0.4, -0.2) is 4.98 Å². The van der Waals surface area contributed by atoms with E-state index in [1.165, 1.54) is 11.1 Å². The van der Waals surface area contributed by atoms with Crippen molar-refractivity contribution in [2.45, 2.75) is 13.8 Å². The number of benzene rings is 6. The quantitative estimate of drug-likeness (QED) is 0.175. The molecule has 46 heavy (non-hydrogen) atoms. The van der Waals surface area contributed by atoms with E-state index >= 15 is 0 Å². The summed E-state index contributed by atoms with van der Waals surface area (Å²) < 4.78 is 0. The summed E-state index contributed by atoms with van der Waals surface area (Å²) in [6.07, 6.45) is 1.97. The van der Waals surface area contributed by atoms with Crippen molar-refractivity contribution in [2.75, 3.05) is 9.80 Å². The first-order valence-corrected chi connectivity index (χ1v) is 15.6. The van der Waals surface area contributed by atoms with E-state index < -0.39 is 0 Å². The van der Waals surface area contributed by atoms with Gasteiger partial charge in [-0.2, -0.15) is 0 Å². The molecule has 0 fully saturated rings. The van der Waals surface area contributed by atoms with Crippen molar-refractivity contribution < 1.29 is 0 Å². The fourth-order valence-corrected chi connectivity index (χ4v) is 5.90. The number of pyridine rings is 1. The van der Waals surface area contributed by atoms with Crippen LogP contribution in [0.4, 0.5) is 34.1 Å². The normalized spacial score (nSPS) is 10.8. The largest absolute Gasteiger partial charge is 0.310 e. The number of rotatable bonds is 8. The van der Waals surface area contributed by atoms with Crippen LogP contribution in [0.15, 0.2) is 176 Å². The Morgan fingerprint density at radius 2 is 0.761 bits per heavy atom. The average Bonchev–Trinajstić information content (AvgIpc) is 3.10. The number of aryl methyl sites for hydroxylation is 2. The fourth-order valence-electron chi connectivity index (χ4n) is 5.90. The number of anilines is 6. The van der Waals surface area contributed by atoms with E-state index in [0.717, 1.165) is 56.5 Å². The predicted octanol–water partition coefficient (Wildman–Crippen LogP) is 12.0. The van der Waals surface area contributed by atoms with Gasteiger partial charge in [0.25, 0.3) is 0 Å². The summed E-state index contributed by atoms with van der Waals surface area (Å²) in [5.41, 5.74) is 13.5. The highest BCUT2D eigenvalue weighted by molar-refractivity contribution is 5.80. The Kier molecular flexibility index (Phi) is 8.13. The molecule has 0 aliphatic heterocycles. The Hall–Kier alpha value is -5.93. The summed E-state index contributed by atoms with van der Waals surface area (Å²) in [7, 11) is 0. The van der Waals surface area contributed by atoms with Gasteiger partial charge in [0.05, 0.1) is 5.69 Å². The van der Waals surface area contributed by atoms with Crippen molar-refractivity contribution in [1.29, 1.82) is 0 Å². The lowest BCUT2D eigenvalue weighted by atomic mass is 10.0. The molecule has 1 aromatic heterocycles. The zero-order valence-electron chi connectivity index (χ0n) is 26.1. The van der Waals surface area contributed by atoms with Crippen LogP contribution in [-0.2, 0) is 0 Å². The van der Waals surface area contributed by atoms with Gasteiger partial charge in [0.1, 0.15) is 0 Å². The molecular formula is C43H35N3. The maximum absolute atomic E-state index is 4.87. The molecule has 0 atom stereocenters. The number of aromatic nitrogens is 1. The fraction of sp³-hybridized carbons (Fsp3) is 0.0465. The molecule has 0 aliphatic carbocycles. The third-order valence-corrected chi connectivity index (χ3v) is 8.19. The Bertz CT molecular complexity index is 1880. The molecule has 0 saturated heterocycles. The lowest BCUT2D eigenvalue weighted by molar-refractivity contribution is 1.26. The maximum atomic E-state index is 4.87. The predicted molar refractivity (Wildman–Crippen MR) is 194 cm³/mol. The van der Waals surface area contributed by atoms with Gasteiger partial charge in [-0.25, -0.2) is 0 Å².